The van der Waals surface area contributed by atoms with E-state index in [1.807, 2.05) is 17.7 Å². The van der Waals surface area contributed by atoms with Crippen LogP contribution in [-0.2, 0) is 22.7 Å². The summed E-state index contributed by atoms with van der Waals surface area (Å²) in [5, 5.41) is 4.49. The summed E-state index contributed by atoms with van der Waals surface area (Å²) >= 11 is 0.847. The number of hydrogen-bond donors (Lipinski definition) is 0. The molecule has 2 aromatic rings. The molecule has 0 saturated heterocycles. The molecule has 0 bridgehead atoms. The molecule has 2 nitrogen and oxygen atoms in total. The molecule has 0 spiro atoms. The third kappa shape index (κ3) is 4.16. The molecule has 0 atom stereocenters. The number of nitrogens with zero attached hydrogens (tertiary/aromatic N) is 2. The van der Waals surface area contributed by atoms with Crippen molar-refractivity contribution in [2.24, 2.45) is 0 Å². The van der Waals surface area contributed by atoms with Crippen LogP contribution in [0.2, 0.25) is 0 Å². The molecule has 19 heavy (non-hydrogen) atoms. The minimum absolute atomic E-state index is 0.153. The number of hydrogen-bond acceptors (Lipinski definition) is 1. The second kappa shape index (κ2) is 6.68. The molecule has 0 aliphatic heterocycles. The van der Waals surface area contributed by atoms with Crippen LogP contribution >= 0.6 is 9.69 Å². The van der Waals surface area contributed by atoms with E-state index in [1.54, 1.807) is 0 Å². The molecule has 0 aliphatic rings. The monoisotopic (exact) mass is 326 g/mol. The van der Waals surface area contributed by atoms with Gasteiger partial charge in [0.15, 0.2) is 0 Å². The molecule has 1 aromatic heterocycles. The Labute approximate surface area is 129 Å². The Morgan fingerprint density at radius 3 is 2.32 bits per heavy atom. The number of aromatic nitrogens is 2. The van der Waals surface area contributed by atoms with Gasteiger partial charge in [0, 0.05) is 5.69 Å². The summed E-state index contributed by atoms with van der Waals surface area (Å²) in [6.07, 6.45) is 0. The molecular formula is C15H19ClN2Zn. The van der Waals surface area contributed by atoms with E-state index in [0.717, 1.165) is 34.4 Å². The molecule has 2 rings (SSSR count). The maximum absolute atomic E-state index is 4.76. The second-order valence-electron chi connectivity index (χ2n) is 5.55. The first-order valence-corrected chi connectivity index (χ1v) is 10.1. The quantitative estimate of drug-likeness (QED) is 0.565. The van der Waals surface area contributed by atoms with Crippen molar-refractivity contribution in [3.8, 4) is 5.69 Å². The summed E-state index contributed by atoms with van der Waals surface area (Å²) in [6.45, 7) is 10.7. The van der Waals surface area contributed by atoms with E-state index in [1.165, 1.54) is 5.56 Å². The number of halogens is 1. The van der Waals surface area contributed by atoms with Crippen molar-refractivity contribution < 1.29 is 17.3 Å². The van der Waals surface area contributed by atoms with Gasteiger partial charge in [0.1, 0.15) is 0 Å². The molecule has 0 N–H and O–H groups in total. The Kier molecular flexibility index (Phi) is 5.76. The van der Waals surface area contributed by atoms with E-state index in [9.17, 15) is 0 Å². The van der Waals surface area contributed by atoms with Crippen LogP contribution in [0.1, 0.15) is 37.7 Å². The van der Waals surface area contributed by atoms with Gasteiger partial charge in [-0.05, 0) is 31.0 Å². The van der Waals surface area contributed by atoms with Gasteiger partial charge in [-0.15, -0.1) is 6.07 Å². The van der Waals surface area contributed by atoms with Gasteiger partial charge in [0.25, 0.3) is 0 Å². The van der Waals surface area contributed by atoms with E-state index in [4.69, 9.17) is 9.69 Å². The molecule has 0 amide bonds. The Bertz CT molecular complexity index is 541. The van der Waals surface area contributed by atoms with Crippen LogP contribution in [0.3, 0.4) is 0 Å². The average molecular weight is 328 g/mol. The molecule has 98 valence electrons. The third-order valence-corrected chi connectivity index (χ3v) is 2.89. The minimum atomic E-state index is 0.153. The van der Waals surface area contributed by atoms with Gasteiger partial charge in [0.05, 0.1) is 5.69 Å². The Morgan fingerprint density at radius 2 is 1.84 bits per heavy atom. The summed E-state index contributed by atoms with van der Waals surface area (Å²) in [6, 6.07) is 11.6. The third-order valence-electron chi connectivity index (χ3n) is 2.89. The van der Waals surface area contributed by atoms with Crippen LogP contribution in [0.5, 0.6) is 0 Å². The van der Waals surface area contributed by atoms with Crippen molar-refractivity contribution in [1.29, 1.82) is 0 Å². The molecule has 1 aromatic carbocycles. The van der Waals surface area contributed by atoms with Crippen molar-refractivity contribution >= 4 is 9.69 Å². The molecule has 0 radical (unpaired) electrons. The summed E-state index contributed by atoms with van der Waals surface area (Å²) in [7, 11) is 4.76. The van der Waals surface area contributed by atoms with Gasteiger partial charge in [-0.2, -0.15) is 28.9 Å². The van der Waals surface area contributed by atoms with Crippen LogP contribution in [-0.4, -0.2) is 9.78 Å². The van der Waals surface area contributed by atoms with Crippen LogP contribution in [0.4, 0.5) is 0 Å². The maximum atomic E-state index is 4.76. The predicted octanol–water partition coefficient (Wildman–Crippen LogP) is 4.27. The molecule has 0 aliphatic carbocycles. The predicted molar refractivity (Wildman–Crippen MR) is 76.4 cm³/mol. The summed E-state index contributed by atoms with van der Waals surface area (Å²) in [5.74, 6) is 0. The zero-order chi connectivity index (χ0) is 14.6. The molecular weight excluding hydrogens is 309 g/mol. The first-order valence-electron chi connectivity index (χ1n) is 6.20. The van der Waals surface area contributed by atoms with E-state index in [0.29, 0.717) is 0 Å². The standard InChI is InChI=1S/C15H19N2.ClH.Zn/c1-11-9-12(2)17(16-11)14-8-6-7-13(10-14)15(3,4)5;;/h6-7,9-10H,1-5H3;1H;/q-1;;+2/p-1. The van der Waals surface area contributed by atoms with E-state index < -0.39 is 0 Å². The summed E-state index contributed by atoms with van der Waals surface area (Å²) < 4.78 is 1.95. The fourth-order valence-electron chi connectivity index (χ4n) is 1.92. The van der Waals surface area contributed by atoms with Crippen LogP contribution in [0.15, 0.2) is 24.3 Å². The average Bonchev–Trinajstić information content (AvgIpc) is 2.70. The SMILES string of the molecule is Cc1cc(C)n(-c2[c-]ccc(C(C)(C)C)c2)n1.[Cl][Zn+]. The van der Waals surface area contributed by atoms with E-state index in [2.05, 4.69) is 57.1 Å². The second-order valence-corrected chi connectivity index (χ2v) is 5.55. The first kappa shape index (κ1) is 16.4. The van der Waals surface area contributed by atoms with Crippen LogP contribution in [0.25, 0.3) is 5.69 Å². The van der Waals surface area contributed by atoms with Crippen molar-refractivity contribution in [3.05, 3.63) is 47.3 Å². The molecule has 0 fully saturated rings. The van der Waals surface area contributed by atoms with Gasteiger partial charge < -0.3 is 0 Å². The fraction of sp³-hybridized carbons (Fsp3) is 0.400. The van der Waals surface area contributed by atoms with Crippen LogP contribution in [0, 0.1) is 19.9 Å². The Balaban J connectivity index is 0.000000861. The molecule has 0 unspecified atom stereocenters. The number of benzene rings is 1. The number of rotatable bonds is 1. The topological polar surface area (TPSA) is 17.8 Å². The Hall–Kier alpha value is -0.657. The molecule has 1 heterocycles. The molecule has 0 saturated carbocycles. The van der Waals surface area contributed by atoms with E-state index in [-0.39, 0.29) is 5.41 Å². The fourth-order valence-corrected chi connectivity index (χ4v) is 1.92. The van der Waals surface area contributed by atoms with Gasteiger partial charge in [-0.25, -0.2) is 0 Å². The van der Waals surface area contributed by atoms with Gasteiger partial charge >= 0.3 is 27.0 Å². The summed E-state index contributed by atoms with van der Waals surface area (Å²) in [5.41, 5.74) is 4.66. The zero-order valence-corrected chi connectivity index (χ0v) is 16.0. The Morgan fingerprint density at radius 1 is 1.21 bits per heavy atom. The normalized spacial score (nSPS) is 10.9. The van der Waals surface area contributed by atoms with Gasteiger partial charge in [-0.1, -0.05) is 20.8 Å². The van der Waals surface area contributed by atoms with Crippen molar-refractivity contribution in [2.75, 3.05) is 0 Å². The van der Waals surface area contributed by atoms with Gasteiger partial charge in [0.2, 0.25) is 0 Å². The van der Waals surface area contributed by atoms with Crippen molar-refractivity contribution in [1.82, 2.24) is 9.78 Å². The van der Waals surface area contributed by atoms with Crippen LogP contribution < -0.4 is 0 Å². The van der Waals surface area contributed by atoms with Gasteiger partial charge in [-0.3, -0.25) is 4.68 Å². The number of aryl methyl sites for hydroxylation is 2. The first-order chi connectivity index (χ1) is 8.88. The zero-order valence-electron chi connectivity index (χ0n) is 12.3. The van der Waals surface area contributed by atoms with Crippen molar-refractivity contribution in [3.63, 3.8) is 0 Å². The molecule has 4 heteroatoms. The van der Waals surface area contributed by atoms with Crippen molar-refractivity contribution in [2.45, 2.75) is 40.0 Å². The summed E-state index contributed by atoms with van der Waals surface area (Å²) in [4.78, 5) is 0. The van der Waals surface area contributed by atoms with E-state index >= 15 is 0 Å².